The Kier molecular flexibility index (Phi) is 7.39. The van der Waals surface area contributed by atoms with Gasteiger partial charge in [-0.2, -0.15) is 0 Å². The van der Waals surface area contributed by atoms with Gasteiger partial charge in [-0.25, -0.2) is 0 Å². The first-order valence-electron chi connectivity index (χ1n) is 8.12. The summed E-state index contributed by atoms with van der Waals surface area (Å²) in [5, 5.41) is 0. The van der Waals surface area contributed by atoms with Gasteiger partial charge in [0.1, 0.15) is 38.7 Å². The quantitative estimate of drug-likeness (QED) is 0.573. The summed E-state index contributed by atoms with van der Waals surface area (Å²) in [5.41, 5.74) is 0. The highest BCUT2D eigenvalue weighted by molar-refractivity contribution is 5.04. The van der Waals surface area contributed by atoms with Crippen LogP contribution in [0.4, 0.5) is 0 Å². The van der Waals surface area contributed by atoms with Crippen molar-refractivity contribution in [2.45, 2.75) is 57.1 Å². The van der Waals surface area contributed by atoms with Crippen LogP contribution in [0.1, 0.15) is 20.8 Å². The minimum atomic E-state index is -0.694. The zero-order chi connectivity index (χ0) is 17.7. The van der Waals surface area contributed by atoms with Gasteiger partial charge in [-0.1, -0.05) is 6.92 Å². The third kappa shape index (κ3) is 4.44. The van der Waals surface area contributed by atoms with Crippen LogP contribution in [0.25, 0.3) is 0 Å². The Labute approximate surface area is 143 Å². The molecule has 1 aliphatic carbocycles. The number of fused-ring (bicyclic) bond motifs is 1. The fourth-order valence-electron chi connectivity index (χ4n) is 3.40. The summed E-state index contributed by atoms with van der Waals surface area (Å²) in [7, 11) is 4.73. The Morgan fingerprint density at radius 1 is 0.708 bits per heavy atom. The molecule has 1 saturated carbocycles. The van der Waals surface area contributed by atoms with Gasteiger partial charge in [-0.05, 0) is 13.8 Å². The third-order valence-electron chi connectivity index (χ3n) is 4.31. The lowest BCUT2D eigenvalue weighted by atomic mass is 9.79. The molecule has 0 aromatic carbocycles. The second-order valence-corrected chi connectivity index (χ2v) is 6.54. The van der Waals surface area contributed by atoms with Crippen LogP contribution < -0.4 is 0 Å². The van der Waals surface area contributed by atoms with Crippen molar-refractivity contribution in [3.8, 4) is 0 Å². The normalized spacial score (nSPS) is 38.2. The largest absolute Gasteiger partial charge is 0.359 e. The maximum Gasteiger partial charge on any atom is 0.163 e. The van der Waals surface area contributed by atoms with E-state index in [1.54, 1.807) is 21.3 Å². The molecule has 1 aliphatic heterocycles. The average molecular weight is 350 g/mol. The van der Waals surface area contributed by atoms with Crippen LogP contribution in [0.2, 0.25) is 0 Å². The molecule has 2 fully saturated rings. The summed E-state index contributed by atoms with van der Waals surface area (Å²) >= 11 is 0. The Morgan fingerprint density at radius 2 is 1.17 bits per heavy atom. The molecule has 0 aromatic rings. The molecule has 0 aromatic heterocycles. The predicted octanol–water partition coefficient (Wildman–Crippen LogP) is 1.12. The highest BCUT2D eigenvalue weighted by Gasteiger charge is 2.58. The van der Waals surface area contributed by atoms with E-state index in [2.05, 4.69) is 6.92 Å². The Balaban J connectivity index is 2.25. The summed E-state index contributed by atoms with van der Waals surface area (Å²) in [4.78, 5) is 0. The van der Waals surface area contributed by atoms with Gasteiger partial charge in [-0.15, -0.1) is 0 Å². The van der Waals surface area contributed by atoms with Gasteiger partial charge in [0.25, 0.3) is 0 Å². The van der Waals surface area contributed by atoms with Gasteiger partial charge in [0.15, 0.2) is 5.79 Å². The molecule has 1 heterocycles. The monoisotopic (exact) mass is 350 g/mol. The zero-order valence-electron chi connectivity index (χ0n) is 15.4. The Bertz CT molecular complexity index is 377. The van der Waals surface area contributed by atoms with E-state index in [1.165, 1.54) is 0 Å². The van der Waals surface area contributed by atoms with Crippen molar-refractivity contribution >= 4 is 0 Å². The molecule has 0 spiro atoms. The molecule has 6 atom stereocenters. The zero-order valence-corrected chi connectivity index (χ0v) is 15.4. The molecule has 8 nitrogen and oxygen atoms in total. The highest BCUT2D eigenvalue weighted by atomic mass is 16.8. The number of hydrogen-bond acceptors (Lipinski definition) is 8. The van der Waals surface area contributed by atoms with Crippen molar-refractivity contribution in [3.05, 3.63) is 0 Å². The number of ether oxygens (including phenoxy) is 8. The van der Waals surface area contributed by atoms with E-state index in [0.717, 1.165) is 0 Å². The topological polar surface area (TPSA) is 73.8 Å². The van der Waals surface area contributed by atoms with Crippen LogP contribution in [0, 0.1) is 5.92 Å². The number of methoxy groups -OCH3 is 3. The van der Waals surface area contributed by atoms with Crippen LogP contribution in [0.3, 0.4) is 0 Å². The number of hydrogen-bond donors (Lipinski definition) is 0. The lowest BCUT2D eigenvalue weighted by molar-refractivity contribution is -0.260. The van der Waals surface area contributed by atoms with Crippen LogP contribution in [-0.2, 0) is 37.9 Å². The molecule has 0 radical (unpaired) electrons. The fourth-order valence-corrected chi connectivity index (χ4v) is 3.40. The minimum absolute atomic E-state index is 0.0242. The van der Waals surface area contributed by atoms with Crippen molar-refractivity contribution in [3.63, 3.8) is 0 Å². The van der Waals surface area contributed by atoms with Gasteiger partial charge in [0.05, 0.1) is 12.2 Å². The minimum Gasteiger partial charge on any atom is -0.359 e. The van der Waals surface area contributed by atoms with Crippen molar-refractivity contribution in [2.24, 2.45) is 5.92 Å². The lowest BCUT2D eigenvalue weighted by Crippen LogP contribution is -2.62. The summed E-state index contributed by atoms with van der Waals surface area (Å²) < 4.78 is 45.0. The summed E-state index contributed by atoms with van der Waals surface area (Å²) in [6.45, 7) is 6.23. The first-order chi connectivity index (χ1) is 11.4. The Hall–Kier alpha value is -0.320. The first-order valence-corrected chi connectivity index (χ1v) is 8.12. The molecule has 24 heavy (non-hydrogen) atoms. The summed E-state index contributed by atoms with van der Waals surface area (Å²) in [6, 6.07) is 0. The smallest absolute Gasteiger partial charge is 0.163 e. The van der Waals surface area contributed by atoms with Crippen LogP contribution in [0.5, 0.6) is 0 Å². The highest BCUT2D eigenvalue weighted by Crippen LogP contribution is 2.43. The molecule has 2 rings (SSSR count). The van der Waals surface area contributed by atoms with E-state index in [4.69, 9.17) is 37.9 Å². The molecule has 0 amide bonds. The number of rotatable bonds is 9. The molecule has 1 unspecified atom stereocenters. The van der Waals surface area contributed by atoms with E-state index >= 15 is 0 Å². The molecule has 142 valence electrons. The van der Waals surface area contributed by atoms with Crippen molar-refractivity contribution in [2.75, 3.05) is 41.7 Å². The molecule has 2 aliphatic rings. The third-order valence-corrected chi connectivity index (χ3v) is 4.31. The van der Waals surface area contributed by atoms with E-state index in [0.29, 0.717) is 0 Å². The first kappa shape index (κ1) is 20.0. The molecular formula is C16H30O8. The van der Waals surface area contributed by atoms with Gasteiger partial charge in [0, 0.05) is 27.2 Å². The summed E-state index contributed by atoms with van der Waals surface area (Å²) in [5.74, 6) is -0.670. The average Bonchev–Trinajstić information content (AvgIpc) is 2.87. The van der Waals surface area contributed by atoms with Crippen LogP contribution in [-0.4, -0.2) is 78.0 Å². The Morgan fingerprint density at radius 3 is 1.71 bits per heavy atom. The maximum absolute atomic E-state index is 6.09. The molecule has 8 heteroatoms. The van der Waals surface area contributed by atoms with Crippen LogP contribution in [0.15, 0.2) is 0 Å². The second-order valence-electron chi connectivity index (χ2n) is 6.54. The van der Waals surface area contributed by atoms with E-state index in [1.807, 2.05) is 13.8 Å². The van der Waals surface area contributed by atoms with Gasteiger partial charge in [-0.3, -0.25) is 0 Å². The van der Waals surface area contributed by atoms with E-state index in [9.17, 15) is 0 Å². The molecule has 0 bridgehead atoms. The molecule has 1 saturated heterocycles. The van der Waals surface area contributed by atoms with E-state index < -0.39 is 18.0 Å². The molecular weight excluding hydrogens is 320 g/mol. The summed E-state index contributed by atoms with van der Waals surface area (Å²) in [6.07, 6.45) is -1.56. The SMILES string of the molecule is COCOC1[C@@H](OCOC)[C@H](C)[C@H]2OC(C)(C)O[C@H]2[C@H]1OCOC. The fraction of sp³-hybridized carbons (Fsp3) is 1.00. The van der Waals surface area contributed by atoms with Crippen LogP contribution >= 0.6 is 0 Å². The maximum atomic E-state index is 6.09. The van der Waals surface area contributed by atoms with Gasteiger partial charge >= 0.3 is 0 Å². The van der Waals surface area contributed by atoms with Crippen molar-refractivity contribution in [1.29, 1.82) is 0 Å². The van der Waals surface area contributed by atoms with Crippen molar-refractivity contribution < 1.29 is 37.9 Å². The lowest BCUT2D eigenvalue weighted by Gasteiger charge is -2.45. The van der Waals surface area contributed by atoms with Gasteiger partial charge in [0.2, 0.25) is 0 Å². The van der Waals surface area contributed by atoms with Gasteiger partial charge < -0.3 is 37.9 Å². The van der Waals surface area contributed by atoms with E-state index in [-0.39, 0.29) is 44.6 Å². The predicted molar refractivity (Wildman–Crippen MR) is 83.2 cm³/mol. The second kappa shape index (κ2) is 8.86. The molecule has 0 N–H and O–H groups in total. The standard InChI is InChI=1S/C16H30O8/c1-10-11(20-7-17-4)13(21-8-18-5)14(22-9-19-6)15-12(10)23-16(2,3)24-15/h10-15H,7-9H2,1-6H3/t10-,11-,12+,13?,14-,15+/m0/s1. The van der Waals surface area contributed by atoms with Crippen molar-refractivity contribution in [1.82, 2.24) is 0 Å².